The quantitative estimate of drug-likeness (QED) is 0.670. The molecule has 0 aliphatic carbocycles. The Balaban J connectivity index is 1.53. The van der Waals surface area contributed by atoms with Crippen LogP contribution < -0.4 is 10.2 Å². The number of pyridine rings is 2. The molecule has 27 heavy (non-hydrogen) atoms. The van der Waals surface area contributed by atoms with Crippen molar-refractivity contribution < 1.29 is 4.79 Å². The second-order valence-corrected chi connectivity index (χ2v) is 6.45. The highest BCUT2D eigenvalue weighted by molar-refractivity contribution is 5.94. The molecule has 0 atom stereocenters. The van der Waals surface area contributed by atoms with Crippen LogP contribution in [0.2, 0.25) is 0 Å². The standard InChI is InChI=1S/C22H24N4O/c1-26(14-10-19-7-11-23-12-8-19)21-15-20(16-24-17-21)22(27)25-13-9-18-5-3-2-4-6-18/h2-8,11-12,15-17H,9-10,13-14H2,1H3,(H,25,27). The van der Waals surface area contributed by atoms with Gasteiger partial charge in [0.2, 0.25) is 0 Å². The van der Waals surface area contributed by atoms with Crippen LogP contribution in [0.25, 0.3) is 0 Å². The van der Waals surface area contributed by atoms with Crippen molar-refractivity contribution in [2.24, 2.45) is 0 Å². The van der Waals surface area contributed by atoms with Crippen molar-refractivity contribution >= 4 is 11.6 Å². The van der Waals surface area contributed by atoms with Crippen molar-refractivity contribution in [3.63, 3.8) is 0 Å². The number of carbonyl (C=O) groups is 1. The van der Waals surface area contributed by atoms with Gasteiger partial charge in [0.15, 0.2) is 0 Å². The average molecular weight is 360 g/mol. The third kappa shape index (κ3) is 5.64. The summed E-state index contributed by atoms with van der Waals surface area (Å²) in [4.78, 5) is 22.8. The van der Waals surface area contributed by atoms with Gasteiger partial charge < -0.3 is 10.2 Å². The number of carbonyl (C=O) groups excluding carboxylic acids is 1. The Morgan fingerprint density at radius 2 is 1.70 bits per heavy atom. The van der Waals surface area contributed by atoms with Gasteiger partial charge in [-0.2, -0.15) is 0 Å². The summed E-state index contributed by atoms with van der Waals surface area (Å²) in [5, 5.41) is 2.97. The molecule has 1 N–H and O–H groups in total. The Labute approximate surface area is 160 Å². The van der Waals surface area contributed by atoms with Crippen molar-refractivity contribution in [3.05, 3.63) is 90.0 Å². The van der Waals surface area contributed by atoms with Crippen molar-refractivity contribution in [3.8, 4) is 0 Å². The first-order valence-corrected chi connectivity index (χ1v) is 9.09. The van der Waals surface area contributed by atoms with Crippen LogP contribution in [0.3, 0.4) is 0 Å². The molecule has 0 bridgehead atoms. The monoisotopic (exact) mass is 360 g/mol. The number of hydrogen-bond donors (Lipinski definition) is 1. The first-order chi connectivity index (χ1) is 13.2. The third-order valence-corrected chi connectivity index (χ3v) is 4.45. The van der Waals surface area contributed by atoms with Crippen molar-refractivity contribution in [2.75, 3.05) is 25.0 Å². The maximum absolute atomic E-state index is 12.4. The van der Waals surface area contributed by atoms with E-state index in [1.54, 1.807) is 24.8 Å². The lowest BCUT2D eigenvalue weighted by Crippen LogP contribution is -2.26. The van der Waals surface area contributed by atoms with Crippen LogP contribution in [0.4, 0.5) is 5.69 Å². The zero-order chi connectivity index (χ0) is 18.9. The summed E-state index contributed by atoms with van der Waals surface area (Å²) in [5.41, 5.74) is 3.95. The summed E-state index contributed by atoms with van der Waals surface area (Å²) in [6.45, 7) is 1.44. The summed E-state index contributed by atoms with van der Waals surface area (Å²) in [7, 11) is 2.01. The number of benzene rings is 1. The number of anilines is 1. The third-order valence-electron chi connectivity index (χ3n) is 4.45. The summed E-state index contributed by atoms with van der Waals surface area (Å²) >= 11 is 0. The summed E-state index contributed by atoms with van der Waals surface area (Å²) < 4.78 is 0. The second kappa shape index (κ2) is 9.48. The molecule has 138 valence electrons. The zero-order valence-electron chi connectivity index (χ0n) is 15.5. The molecule has 0 unspecified atom stereocenters. The lowest BCUT2D eigenvalue weighted by Gasteiger charge is -2.19. The van der Waals surface area contributed by atoms with E-state index in [1.165, 1.54) is 11.1 Å². The molecule has 0 spiro atoms. The van der Waals surface area contributed by atoms with Gasteiger partial charge >= 0.3 is 0 Å². The molecule has 0 fully saturated rings. The van der Waals surface area contributed by atoms with Crippen LogP contribution in [0, 0.1) is 0 Å². The number of rotatable bonds is 8. The predicted octanol–water partition coefficient (Wildman–Crippen LogP) is 3.13. The molecule has 1 aromatic carbocycles. The van der Waals surface area contributed by atoms with Gasteiger partial charge in [0.25, 0.3) is 5.91 Å². The van der Waals surface area contributed by atoms with Gasteiger partial charge in [-0.1, -0.05) is 30.3 Å². The Morgan fingerprint density at radius 1 is 0.963 bits per heavy atom. The van der Waals surface area contributed by atoms with E-state index in [4.69, 9.17) is 0 Å². The number of likely N-dealkylation sites (N-methyl/N-ethyl adjacent to an activating group) is 1. The molecule has 0 aliphatic rings. The molecule has 3 aromatic rings. The van der Waals surface area contributed by atoms with Crippen molar-refractivity contribution in [1.29, 1.82) is 0 Å². The van der Waals surface area contributed by atoms with E-state index in [9.17, 15) is 4.79 Å². The molecule has 3 rings (SSSR count). The maximum atomic E-state index is 12.4. The van der Waals surface area contributed by atoms with Crippen LogP contribution in [-0.2, 0) is 12.8 Å². The molecule has 0 saturated heterocycles. The number of amides is 1. The van der Waals surface area contributed by atoms with E-state index in [-0.39, 0.29) is 5.91 Å². The molecular weight excluding hydrogens is 336 g/mol. The van der Waals surface area contributed by atoms with E-state index in [2.05, 4.69) is 32.3 Å². The minimum atomic E-state index is -0.0946. The van der Waals surface area contributed by atoms with Crippen molar-refractivity contribution in [1.82, 2.24) is 15.3 Å². The van der Waals surface area contributed by atoms with E-state index >= 15 is 0 Å². The van der Waals surface area contributed by atoms with Gasteiger partial charge in [-0.05, 0) is 42.2 Å². The van der Waals surface area contributed by atoms with Crippen LogP contribution in [-0.4, -0.2) is 36.0 Å². The average Bonchev–Trinajstić information content (AvgIpc) is 2.73. The summed E-state index contributed by atoms with van der Waals surface area (Å²) in [6.07, 6.45) is 8.72. The summed E-state index contributed by atoms with van der Waals surface area (Å²) in [5.74, 6) is -0.0946. The highest BCUT2D eigenvalue weighted by Crippen LogP contribution is 2.14. The van der Waals surface area contributed by atoms with E-state index in [0.717, 1.165) is 25.1 Å². The molecule has 0 radical (unpaired) electrons. The number of hydrogen-bond acceptors (Lipinski definition) is 4. The molecule has 2 aromatic heterocycles. The predicted molar refractivity (Wildman–Crippen MR) is 108 cm³/mol. The van der Waals surface area contributed by atoms with Gasteiger partial charge in [-0.25, -0.2) is 0 Å². The second-order valence-electron chi connectivity index (χ2n) is 6.45. The van der Waals surface area contributed by atoms with Gasteiger partial charge in [0.1, 0.15) is 0 Å². The van der Waals surface area contributed by atoms with Gasteiger partial charge in [0.05, 0.1) is 17.4 Å². The normalized spacial score (nSPS) is 10.4. The first kappa shape index (κ1) is 18.6. The minimum absolute atomic E-state index is 0.0946. The highest BCUT2D eigenvalue weighted by Gasteiger charge is 2.09. The molecule has 5 nitrogen and oxygen atoms in total. The van der Waals surface area contributed by atoms with Crippen LogP contribution >= 0.6 is 0 Å². The molecular formula is C22H24N4O. The fraction of sp³-hybridized carbons (Fsp3) is 0.227. The number of aromatic nitrogens is 2. The van der Waals surface area contributed by atoms with Gasteiger partial charge in [0, 0.05) is 38.7 Å². The maximum Gasteiger partial charge on any atom is 0.252 e. The van der Waals surface area contributed by atoms with E-state index in [0.29, 0.717) is 12.1 Å². The minimum Gasteiger partial charge on any atom is -0.373 e. The van der Waals surface area contributed by atoms with Gasteiger partial charge in [-0.3, -0.25) is 14.8 Å². The van der Waals surface area contributed by atoms with E-state index < -0.39 is 0 Å². The Kier molecular flexibility index (Phi) is 6.52. The topological polar surface area (TPSA) is 58.1 Å². The Bertz CT molecular complexity index is 852. The molecule has 0 aliphatic heterocycles. The molecule has 2 heterocycles. The number of nitrogens with zero attached hydrogens (tertiary/aromatic N) is 3. The van der Waals surface area contributed by atoms with Crippen LogP contribution in [0.5, 0.6) is 0 Å². The fourth-order valence-electron chi connectivity index (χ4n) is 2.80. The number of nitrogens with one attached hydrogen (secondary N) is 1. The Hall–Kier alpha value is -3.21. The largest absolute Gasteiger partial charge is 0.373 e. The summed E-state index contributed by atoms with van der Waals surface area (Å²) in [6, 6.07) is 16.0. The lowest BCUT2D eigenvalue weighted by atomic mass is 10.1. The van der Waals surface area contributed by atoms with Gasteiger partial charge in [-0.15, -0.1) is 0 Å². The smallest absolute Gasteiger partial charge is 0.252 e. The lowest BCUT2D eigenvalue weighted by molar-refractivity contribution is 0.0954. The zero-order valence-corrected chi connectivity index (χ0v) is 15.5. The van der Waals surface area contributed by atoms with Crippen LogP contribution in [0.15, 0.2) is 73.3 Å². The highest BCUT2D eigenvalue weighted by atomic mass is 16.1. The first-order valence-electron chi connectivity index (χ1n) is 9.09. The fourth-order valence-corrected chi connectivity index (χ4v) is 2.80. The molecule has 0 saturated carbocycles. The molecule has 1 amide bonds. The Morgan fingerprint density at radius 3 is 2.48 bits per heavy atom. The SMILES string of the molecule is CN(CCc1ccncc1)c1cncc(C(=O)NCCc2ccccc2)c1. The molecule has 5 heteroatoms. The van der Waals surface area contributed by atoms with Crippen molar-refractivity contribution in [2.45, 2.75) is 12.8 Å². The van der Waals surface area contributed by atoms with Crippen LogP contribution in [0.1, 0.15) is 21.5 Å². The van der Waals surface area contributed by atoms with E-state index in [1.807, 2.05) is 43.4 Å².